The first-order chi connectivity index (χ1) is 8.62. The fourth-order valence-electron chi connectivity index (χ4n) is 2.04. The van der Waals surface area contributed by atoms with Crippen molar-refractivity contribution >= 4 is 5.84 Å². The number of nitrogens with zero attached hydrogens (tertiary/aromatic N) is 1. The molecule has 0 radical (unpaired) electrons. The number of aliphatic imine (C=N–C) groups is 1. The van der Waals surface area contributed by atoms with Gasteiger partial charge < -0.3 is 10.1 Å². The molecule has 0 fully saturated rings. The van der Waals surface area contributed by atoms with Crippen LogP contribution in [0.2, 0.25) is 0 Å². The zero-order valence-corrected chi connectivity index (χ0v) is 11.4. The van der Waals surface area contributed by atoms with Gasteiger partial charge in [-0.15, -0.1) is 0 Å². The van der Waals surface area contributed by atoms with Gasteiger partial charge in [-0.05, 0) is 12.5 Å². The van der Waals surface area contributed by atoms with Crippen molar-refractivity contribution in [2.75, 3.05) is 19.7 Å². The Morgan fingerprint density at radius 1 is 1.33 bits per heavy atom. The third kappa shape index (κ3) is 3.10. The van der Waals surface area contributed by atoms with E-state index in [9.17, 15) is 0 Å². The van der Waals surface area contributed by atoms with Crippen LogP contribution in [0.1, 0.15) is 32.4 Å². The highest BCUT2D eigenvalue weighted by molar-refractivity contribution is 5.88. The van der Waals surface area contributed by atoms with Gasteiger partial charge in [0.2, 0.25) is 0 Å². The lowest BCUT2D eigenvalue weighted by atomic mass is 9.92. The van der Waals surface area contributed by atoms with Crippen LogP contribution < -0.4 is 5.32 Å². The Bertz CT molecular complexity index is 412. The lowest BCUT2D eigenvalue weighted by molar-refractivity contribution is 0.105. The largest absolute Gasteiger partial charge is 0.371 e. The predicted molar refractivity (Wildman–Crippen MR) is 74.9 cm³/mol. The number of ether oxygens (including phenoxy) is 1. The van der Waals surface area contributed by atoms with E-state index in [2.05, 4.69) is 36.3 Å². The zero-order chi connectivity index (χ0) is 13.0. The number of rotatable bonds is 4. The van der Waals surface area contributed by atoms with Gasteiger partial charge in [0.05, 0.1) is 0 Å². The summed E-state index contributed by atoms with van der Waals surface area (Å²) in [5.74, 6) is 0.961. The first-order valence-electron chi connectivity index (χ1n) is 6.57. The molecule has 0 bridgehead atoms. The molecule has 2 rings (SSSR count). The molecule has 1 aromatic carbocycles. The van der Waals surface area contributed by atoms with Crippen LogP contribution in [0.4, 0.5) is 0 Å². The Balaban J connectivity index is 2.19. The highest BCUT2D eigenvalue weighted by atomic mass is 16.5. The maximum Gasteiger partial charge on any atom is 0.139 e. The molecule has 1 aromatic rings. The molecule has 0 unspecified atom stereocenters. The molecule has 0 aromatic heterocycles. The fraction of sp³-hybridized carbons (Fsp3) is 0.533. The highest BCUT2D eigenvalue weighted by Crippen LogP contribution is 2.23. The number of hydrogen-bond acceptors (Lipinski definition) is 3. The van der Waals surface area contributed by atoms with Gasteiger partial charge in [0.1, 0.15) is 11.9 Å². The van der Waals surface area contributed by atoms with Crippen LogP contribution in [0.3, 0.4) is 0 Å². The summed E-state index contributed by atoms with van der Waals surface area (Å²) in [6.45, 7) is 8.94. The minimum atomic E-state index is -0.0627. The van der Waals surface area contributed by atoms with Crippen molar-refractivity contribution in [1.29, 1.82) is 0 Å². The lowest BCUT2D eigenvalue weighted by Crippen LogP contribution is -2.43. The predicted octanol–water partition coefficient (Wildman–Crippen LogP) is 2.79. The molecule has 0 aliphatic carbocycles. The molecule has 0 saturated carbocycles. The van der Waals surface area contributed by atoms with Gasteiger partial charge >= 0.3 is 0 Å². The van der Waals surface area contributed by atoms with Crippen molar-refractivity contribution in [2.24, 2.45) is 10.4 Å². The molecule has 18 heavy (non-hydrogen) atoms. The molecular formula is C15H22N2O. The van der Waals surface area contributed by atoms with E-state index >= 15 is 0 Å². The molecular weight excluding hydrogens is 224 g/mol. The molecule has 3 heteroatoms. The van der Waals surface area contributed by atoms with E-state index < -0.39 is 0 Å². The number of hydrogen-bond donors (Lipinski definition) is 1. The Morgan fingerprint density at radius 2 is 2.06 bits per heavy atom. The first-order valence-corrected chi connectivity index (χ1v) is 6.57. The second-order valence-electron chi connectivity index (χ2n) is 5.47. The summed E-state index contributed by atoms with van der Waals surface area (Å²) in [4.78, 5) is 4.66. The molecule has 0 amide bonds. The summed E-state index contributed by atoms with van der Waals surface area (Å²) in [6.07, 6.45) is -0.0627. The monoisotopic (exact) mass is 246 g/mol. The van der Waals surface area contributed by atoms with Gasteiger partial charge in [0.25, 0.3) is 0 Å². The van der Waals surface area contributed by atoms with Crippen molar-refractivity contribution in [3.8, 4) is 0 Å². The fourth-order valence-corrected chi connectivity index (χ4v) is 2.04. The van der Waals surface area contributed by atoms with Crippen molar-refractivity contribution < 1.29 is 4.74 Å². The minimum absolute atomic E-state index is 0.0627. The van der Waals surface area contributed by atoms with Gasteiger partial charge in [0.15, 0.2) is 0 Å². The van der Waals surface area contributed by atoms with Gasteiger partial charge in [0, 0.05) is 25.1 Å². The van der Waals surface area contributed by atoms with Gasteiger partial charge in [-0.25, -0.2) is 0 Å². The summed E-state index contributed by atoms with van der Waals surface area (Å²) in [6, 6.07) is 10.3. The average molecular weight is 246 g/mol. The van der Waals surface area contributed by atoms with E-state index in [0.717, 1.165) is 24.5 Å². The van der Waals surface area contributed by atoms with Crippen molar-refractivity contribution in [3.05, 3.63) is 35.9 Å². The quantitative estimate of drug-likeness (QED) is 0.886. The number of benzene rings is 1. The van der Waals surface area contributed by atoms with E-state index in [1.165, 1.54) is 0 Å². The van der Waals surface area contributed by atoms with Crippen LogP contribution in [-0.4, -0.2) is 25.5 Å². The van der Waals surface area contributed by atoms with Crippen molar-refractivity contribution in [1.82, 2.24) is 5.32 Å². The van der Waals surface area contributed by atoms with E-state index in [4.69, 9.17) is 4.74 Å². The van der Waals surface area contributed by atoms with Crippen LogP contribution in [0.5, 0.6) is 0 Å². The molecule has 3 nitrogen and oxygen atoms in total. The molecule has 98 valence electrons. The summed E-state index contributed by atoms with van der Waals surface area (Å²) in [7, 11) is 0. The van der Waals surface area contributed by atoms with Gasteiger partial charge in [-0.2, -0.15) is 0 Å². The van der Waals surface area contributed by atoms with Crippen LogP contribution in [0.25, 0.3) is 0 Å². The third-order valence-electron chi connectivity index (χ3n) is 3.11. The smallest absolute Gasteiger partial charge is 0.139 e. The number of amidine groups is 1. The first kappa shape index (κ1) is 13.1. The molecule has 0 spiro atoms. The van der Waals surface area contributed by atoms with E-state index in [-0.39, 0.29) is 11.5 Å². The van der Waals surface area contributed by atoms with Crippen molar-refractivity contribution in [3.63, 3.8) is 0 Å². The molecule has 1 N–H and O–H groups in total. The molecule has 1 atom stereocenters. The zero-order valence-electron chi connectivity index (χ0n) is 11.4. The topological polar surface area (TPSA) is 33.6 Å². The molecule has 1 heterocycles. The normalized spacial score (nSPS) is 19.8. The van der Waals surface area contributed by atoms with Crippen LogP contribution >= 0.6 is 0 Å². The average Bonchev–Trinajstić information content (AvgIpc) is 2.38. The Kier molecular flexibility index (Phi) is 4.02. The van der Waals surface area contributed by atoms with Crippen LogP contribution in [0, 0.1) is 5.41 Å². The van der Waals surface area contributed by atoms with E-state index in [1.54, 1.807) is 0 Å². The summed E-state index contributed by atoms with van der Waals surface area (Å²) < 4.78 is 5.84. The maximum atomic E-state index is 5.84. The highest BCUT2D eigenvalue weighted by Gasteiger charge is 2.27. The Morgan fingerprint density at radius 3 is 2.61 bits per heavy atom. The molecule has 1 aliphatic rings. The number of nitrogens with one attached hydrogen (secondary N) is 1. The molecule has 0 saturated heterocycles. The summed E-state index contributed by atoms with van der Waals surface area (Å²) >= 11 is 0. The maximum absolute atomic E-state index is 5.84. The van der Waals surface area contributed by atoms with Gasteiger partial charge in [-0.3, -0.25) is 4.99 Å². The Hall–Kier alpha value is -1.35. The van der Waals surface area contributed by atoms with E-state index in [0.29, 0.717) is 6.61 Å². The third-order valence-corrected chi connectivity index (χ3v) is 3.11. The lowest BCUT2D eigenvalue weighted by Gasteiger charge is -2.32. The Labute approximate surface area is 109 Å². The van der Waals surface area contributed by atoms with E-state index in [1.807, 2.05) is 25.1 Å². The minimum Gasteiger partial charge on any atom is -0.371 e. The van der Waals surface area contributed by atoms with Crippen LogP contribution in [-0.2, 0) is 4.74 Å². The molecule has 1 aliphatic heterocycles. The summed E-state index contributed by atoms with van der Waals surface area (Å²) in [5, 5.41) is 3.42. The van der Waals surface area contributed by atoms with Crippen molar-refractivity contribution in [2.45, 2.75) is 26.9 Å². The van der Waals surface area contributed by atoms with Gasteiger partial charge in [-0.1, -0.05) is 44.2 Å². The second kappa shape index (κ2) is 5.53. The summed E-state index contributed by atoms with van der Waals surface area (Å²) in [5.41, 5.74) is 1.39. The SMILES string of the molecule is CCO[C@H](C1=NCC(C)(C)CN1)c1ccccc1. The standard InChI is InChI=1S/C15H22N2O/c1-4-18-13(12-8-6-5-7-9-12)14-16-10-15(2,3)11-17-14/h5-9,13H,4,10-11H2,1-3H3,(H,16,17)/t13-/m0/s1. The second-order valence-corrected chi connectivity index (χ2v) is 5.47. The van der Waals surface area contributed by atoms with Crippen LogP contribution in [0.15, 0.2) is 35.3 Å².